The molecule has 0 bridgehead atoms. The number of nitrogens with one attached hydrogen (secondary N) is 2. The molecule has 0 spiro atoms. The average molecular weight is 219 g/mol. The van der Waals surface area contributed by atoms with Gasteiger partial charge in [0.1, 0.15) is 0 Å². The van der Waals surface area contributed by atoms with Crippen LogP contribution in [0.5, 0.6) is 0 Å². The molecule has 16 heavy (non-hydrogen) atoms. The van der Waals surface area contributed by atoms with Crippen LogP contribution in [0.3, 0.4) is 0 Å². The highest BCUT2D eigenvalue weighted by Gasteiger charge is 1.99. The minimum absolute atomic E-state index is 0.630. The molecule has 6 heteroatoms. The van der Waals surface area contributed by atoms with Gasteiger partial charge in [-0.05, 0) is 6.07 Å². The summed E-state index contributed by atoms with van der Waals surface area (Å²) in [5.74, 6) is 0.630. The molecule has 0 saturated heterocycles. The van der Waals surface area contributed by atoms with Gasteiger partial charge in [0.2, 0.25) is 5.89 Å². The molecule has 0 fully saturated rings. The lowest BCUT2D eigenvalue weighted by Gasteiger charge is -2.05. The van der Waals surface area contributed by atoms with Gasteiger partial charge in [-0.25, -0.2) is 0 Å². The molecule has 0 aliphatic carbocycles. The summed E-state index contributed by atoms with van der Waals surface area (Å²) < 4.78 is 4.89. The van der Waals surface area contributed by atoms with Crippen molar-refractivity contribution in [2.24, 2.45) is 0 Å². The summed E-state index contributed by atoms with van der Waals surface area (Å²) in [6.07, 6.45) is 5.64. The molecule has 0 unspecified atom stereocenters. The Morgan fingerprint density at radius 3 is 2.94 bits per heavy atom. The summed E-state index contributed by atoms with van der Waals surface area (Å²) >= 11 is 0. The van der Waals surface area contributed by atoms with E-state index >= 15 is 0 Å². The maximum Gasteiger partial charge on any atom is 0.228 e. The zero-order valence-electron chi connectivity index (χ0n) is 8.97. The van der Waals surface area contributed by atoms with E-state index in [1.807, 2.05) is 13.1 Å². The van der Waals surface area contributed by atoms with E-state index in [0.717, 1.165) is 17.9 Å². The fourth-order valence-corrected chi connectivity index (χ4v) is 1.29. The minimum atomic E-state index is 0.630. The second kappa shape index (κ2) is 5.11. The Bertz CT molecular complexity index is 429. The van der Waals surface area contributed by atoms with Gasteiger partial charge in [-0.2, -0.15) is 4.98 Å². The van der Waals surface area contributed by atoms with Crippen LogP contribution < -0.4 is 10.6 Å². The van der Waals surface area contributed by atoms with Crippen LogP contribution >= 0.6 is 0 Å². The SMILES string of the molecule is CNc1cncc(NCCc2ncno2)c1. The summed E-state index contributed by atoms with van der Waals surface area (Å²) in [4.78, 5) is 8.03. The van der Waals surface area contributed by atoms with Crippen molar-refractivity contribution in [2.75, 3.05) is 24.2 Å². The fraction of sp³-hybridized carbons (Fsp3) is 0.300. The number of rotatable bonds is 5. The maximum atomic E-state index is 4.89. The normalized spacial score (nSPS) is 10.1. The maximum absolute atomic E-state index is 4.89. The molecule has 0 aliphatic heterocycles. The molecule has 0 amide bonds. The van der Waals surface area contributed by atoms with E-state index in [-0.39, 0.29) is 0 Å². The van der Waals surface area contributed by atoms with Gasteiger partial charge < -0.3 is 15.2 Å². The van der Waals surface area contributed by atoms with Crippen molar-refractivity contribution in [3.05, 3.63) is 30.7 Å². The highest BCUT2D eigenvalue weighted by atomic mass is 16.5. The van der Waals surface area contributed by atoms with Gasteiger partial charge in [-0.15, -0.1) is 0 Å². The predicted octanol–water partition coefficient (Wildman–Crippen LogP) is 1.16. The average Bonchev–Trinajstić information content (AvgIpc) is 2.82. The summed E-state index contributed by atoms with van der Waals surface area (Å²) in [5.41, 5.74) is 1.94. The summed E-state index contributed by atoms with van der Waals surface area (Å²) in [7, 11) is 1.86. The van der Waals surface area contributed by atoms with Crippen molar-refractivity contribution in [1.82, 2.24) is 15.1 Å². The van der Waals surface area contributed by atoms with Gasteiger partial charge in [0.15, 0.2) is 6.33 Å². The highest BCUT2D eigenvalue weighted by molar-refractivity contribution is 5.53. The third-order valence-electron chi connectivity index (χ3n) is 2.10. The molecule has 2 aromatic heterocycles. The third-order valence-corrected chi connectivity index (χ3v) is 2.10. The van der Waals surface area contributed by atoms with Crippen LogP contribution in [-0.4, -0.2) is 28.7 Å². The lowest BCUT2D eigenvalue weighted by atomic mass is 10.3. The van der Waals surface area contributed by atoms with E-state index in [2.05, 4.69) is 25.8 Å². The first-order chi connectivity index (χ1) is 7.88. The Kier molecular flexibility index (Phi) is 3.32. The molecule has 0 radical (unpaired) electrons. The van der Waals surface area contributed by atoms with Crippen LogP contribution in [0.1, 0.15) is 5.89 Å². The van der Waals surface area contributed by atoms with Crippen LogP contribution in [-0.2, 0) is 6.42 Å². The second-order valence-electron chi connectivity index (χ2n) is 3.22. The first kappa shape index (κ1) is 10.4. The van der Waals surface area contributed by atoms with Crippen molar-refractivity contribution in [1.29, 1.82) is 0 Å². The molecule has 6 nitrogen and oxygen atoms in total. The first-order valence-electron chi connectivity index (χ1n) is 5.00. The molecule has 0 atom stereocenters. The van der Waals surface area contributed by atoms with E-state index in [4.69, 9.17) is 4.52 Å². The van der Waals surface area contributed by atoms with Gasteiger partial charge in [-0.3, -0.25) is 4.98 Å². The highest BCUT2D eigenvalue weighted by Crippen LogP contribution is 2.11. The topological polar surface area (TPSA) is 75.9 Å². The van der Waals surface area contributed by atoms with Crippen molar-refractivity contribution in [3.63, 3.8) is 0 Å². The van der Waals surface area contributed by atoms with Gasteiger partial charge >= 0.3 is 0 Å². The fourth-order valence-electron chi connectivity index (χ4n) is 1.29. The number of aromatic nitrogens is 3. The number of anilines is 2. The number of nitrogens with zero attached hydrogens (tertiary/aromatic N) is 3. The quantitative estimate of drug-likeness (QED) is 0.786. The van der Waals surface area contributed by atoms with E-state index in [9.17, 15) is 0 Å². The Morgan fingerprint density at radius 2 is 2.19 bits per heavy atom. The van der Waals surface area contributed by atoms with Crippen LogP contribution in [0.25, 0.3) is 0 Å². The molecule has 0 aliphatic rings. The van der Waals surface area contributed by atoms with E-state index < -0.39 is 0 Å². The number of hydrogen-bond donors (Lipinski definition) is 2. The number of hydrogen-bond acceptors (Lipinski definition) is 6. The van der Waals surface area contributed by atoms with Crippen molar-refractivity contribution in [3.8, 4) is 0 Å². The summed E-state index contributed by atoms with van der Waals surface area (Å²) in [6.45, 7) is 0.733. The largest absolute Gasteiger partial charge is 0.387 e. The minimum Gasteiger partial charge on any atom is -0.387 e. The van der Waals surface area contributed by atoms with Gasteiger partial charge in [0, 0.05) is 20.0 Å². The van der Waals surface area contributed by atoms with E-state index in [0.29, 0.717) is 12.3 Å². The van der Waals surface area contributed by atoms with Gasteiger partial charge in [0.25, 0.3) is 0 Å². The molecule has 0 saturated carbocycles. The first-order valence-corrected chi connectivity index (χ1v) is 5.00. The Balaban J connectivity index is 1.85. The third kappa shape index (κ3) is 2.69. The monoisotopic (exact) mass is 219 g/mol. The second-order valence-corrected chi connectivity index (χ2v) is 3.22. The van der Waals surface area contributed by atoms with Crippen molar-refractivity contribution in [2.45, 2.75) is 6.42 Å². The van der Waals surface area contributed by atoms with Crippen LogP contribution in [0, 0.1) is 0 Å². The van der Waals surface area contributed by atoms with Crippen molar-refractivity contribution < 1.29 is 4.52 Å². The Hall–Kier alpha value is -2.11. The molecular formula is C10H13N5O. The molecule has 84 valence electrons. The smallest absolute Gasteiger partial charge is 0.228 e. The molecule has 0 aromatic carbocycles. The lowest BCUT2D eigenvalue weighted by Crippen LogP contribution is -2.05. The van der Waals surface area contributed by atoms with E-state index in [1.54, 1.807) is 12.4 Å². The molecule has 2 aromatic rings. The Labute approximate surface area is 93.1 Å². The molecular weight excluding hydrogens is 206 g/mol. The summed E-state index contributed by atoms with van der Waals surface area (Å²) in [6, 6.07) is 1.99. The zero-order valence-corrected chi connectivity index (χ0v) is 8.97. The van der Waals surface area contributed by atoms with Crippen molar-refractivity contribution >= 4 is 11.4 Å². The molecule has 2 heterocycles. The molecule has 2 rings (SSSR count). The van der Waals surface area contributed by atoms with Gasteiger partial charge in [0.05, 0.1) is 23.8 Å². The summed E-state index contributed by atoms with van der Waals surface area (Å²) in [5, 5.41) is 9.79. The van der Waals surface area contributed by atoms with Crippen LogP contribution in [0.4, 0.5) is 11.4 Å². The van der Waals surface area contributed by atoms with Crippen LogP contribution in [0.2, 0.25) is 0 Å². The lowest BCUT2D eigenvalue weighted by molar-refractivity contribution is 0.380. The standard InChI is InChI=1S/C10H13N5O/c1-11-8-4-9(6-12-5-8)13-3-2-10-14-7-15-16-10/h4-7,11,13H,2-3H2,1H3. The van der Waals surface area contributed by atoms with Crippen LogP contribution in [0.15, 0.2) is 29.3 Å². The van der Waals surface area contributed by atoms with Gasteiger partial charge in [-0.1, -0.05) is 5.16 Å². The molecule has 2 N–H and O–H groups in total. The van der Waals surface area contributed by atoms with E-state index in [1.165, 1.54) is 6.33 Å². The zero-order chi connectivity index (χ0) is 11.2. The Morgan fingerprint density at radius 1 is 1.31 bits per heavy atom. The predicted molar refractivity (Wildman–Crippen MR) is 60.3 cm³/mol. The number of pyridine rings is 1.